The summed E-state index contributed by atoms with van der Waals surface area (Å²) < 4.78 is 2.24. The molecule has 2 aromatic heterocycles. The molecule has 0 aliphatic carbocycles. The molecule has 3 aromatic rings. The lowest BCUT2D eigenvalue weighted by Crippen LogP contribution is -1.91. The molecule has 0 N–H and O–H groups in total. The van der Waals surface area contributed by atoms with Gasteiger partial charge in [-0.05, 0) is 24.1 Å². The average Bonchev–Trinajstić information content (AvgIpc) is 2.64. The fraction of sp³-hybridized carbons (Fsp3) is 0.133. The summed E-state index contributed by atoms with van der Waals surface area (Å²) in [5.41, 5.74) is 5.05. The van der Waals surface area contributed by atoms with Gasteiger partial charge >= 0.3 is 0 Å². The molecule has 3 rings (SSSR count). The van der Waals surface area contributed by atoms with Gasteiger partial charge in [0.25, 0.3) is 0 Å². The largest absolute Gasteiger partial charge is 0.343 e. The van der Waals surface area contributed by atoms with Crippen molar-refractivity contribution in [2.45, 2.75) is 6.92 Å². The number of nitrogens with zero attached hydrogens (tertiary/aromatic N) is 2. The molecule has 0 aliphatic rings. The van der Waals surface area contributed by atoms with Gasteiger partial charge in [-0.1, -0.05) is 30.3 Å². The molecule has 0 fully saturated rings. The highest BCUT2D eigenvalue weighted by Crippen LogP contribution is 2.31. The zero-order chi connectivity index (χ0) is 11.8. The lowest BCUT2D eigenvalue weighted by Gasteiger charge is -2.05. The maximum Gasteiger partial charge on any atom is 0.0518 e. The second-order valence-corrected chi connectivity index (χ2v) is 4.29. The van der Waals surface area contributed by atoms with Crippen molar-refractivity contribution in [3.05, 3.63) is 54.4 Å². The van der Waals surface area contributed by atoms with Crippen molar-refractivity contribution in [1.29, 1.82) is 0 Å². The number of rotatable bonds is 1. The monoisotopic (exact) mass is 222 g/mol. The van der Waals surface area contributed by atoms with Crippen LogP contribution in [0.3, 0.4) is 0 Å². The van der Waals surface area contributed by atoms with Crippen LogP contribution in [-0.2, 0) is 7.05 Å². The van der Waals surface area contributed by atoms with Crippen molar-refractivity contribution < 1.29 is 0 Å². The molecule has 2 heterocycles. The fourth-order valence-corrected chi connectivity index (χ4v) is 2.47. The van der Waals surface area contributed by atoms with Crippen molar-refractivity contribution in [3.63, 3.8) is 0 Å². The molecule has 2 nitrogen and oxygen atoms in total. The molecule has 84 valence electrons. The Labute approximate surface area is 101 Å². The minimum absolute atomic E-state index is 1.23. The van der Waals surface area contributed by atoms with Gasteiger partial charge in [-0.3, -0.25) is 4.98 Å². The van der Waals surface area contributed by atoms with Crippen LogP contribution >= 0.6 is 0 Å². The number of hydrogen-bond acceptors (Lipinski definition) is 1. The number of aryl methyl sites for hydroxylation is 2. The Hall–Kier alpha value is -2.09. The zero-order valence-electron chi connectivity index (χ0n) is 10.0. The molecule has 0 radical (unpaired) electrons. The lowest BCUT2D eigenvalue weighted by molar-refractivity contribution is 0.973. The third kappa shape index (κ3) is 1.45. The normalized spacial score (nSPS) is 10.9. The summed E-state index contributed by atoms with van der Waals surface area (Å²) in [5.74, 6) is 0. The predicted octanol–water partition coefficient (Wildman–Crippen LogP) is 3.55. The van der Waals surface area contributed by atoms with Crippen molar-refractivity contribution in [2.24, 2.45) is 7.05 Å². The van der Waals surface area contributed by atoms with Gasteiger partial charge in [0.2, 0.25) is 0 Å². The Bertz CT molecular complexity index is 627. The van der Waals surface area contributed by atoms with E-state index in [9.17, 15) is 0 Å². The number of pyridine rings is 1. The molecule has 0 aliphatic heterocycles. The third-order valence-electron chi connectivity index (χ3n) is 3.30. The predicted molar refractivity (Wildman–Crippen MR) is 70.9 cm³/mol. The van der Waals surface area contributed by atoms with E-state index in [1.807, 2.05) is 18.5 Å². The van der Waals surface area contributed by atoms with Gasteiger partial charge in [-0.2, -0.15) is 0 Å². The third-order valence-corrected chi connectivity index (χ3v) is 3.30. The van der Waals surface area contributed by atoms with Crippen LogP contribution in [0.2, 0.25) is 0 Å². The van der Waals surface area contributed by atoms with Crippen LogP contribution in [0.1, 0.15) is 5.56 Å². The smallest absolute Gasteiger partial charge is 0.0518 e. The van der Waals surface area contributed by atoms with Crippen LogP contribution in [0.15, 0.2) is 48.8 Å². The van der Waals surface area contributed by atoms with Gasteiger partial charge in [0.05, 0.1) is 11.2 Å². The van der Waals surface area contributed by atoms with Gasteiger partial charge < -0.3 is 4.57 Å². The summed E-state index contributed by atoms with van der Waals surface area (Å²) in [6, 6.07) is 12.6. The average molecular weight is 222 g/mol. The fourth-order valence-electron chi connectivity index (χ4n) is 2.47. The summed E-state index contributed by atoms with van der Waals surface area (Å²) in [6.45, 7) is 2.16. The molecule has 0 saturated heterocycles. The molecule has 0 saturated carbocycles. The van der Waals surface area contributed by atoms with E-state index in [0.717, 1.165) is 0 Å². The summed E-state index contributed by atoms with van der Waals surface area (Å²) >= 11 is 0. The van der Waals surface area contributed by atoms with E-state index in [2.05, 4.69) is 53.9 Å². The molecule has 0 unspecified atom stereocenters. The van der Waals surface area contributed by atoms with Gasteiger partial charge in [0.1, 0.15) is 0 Å². The molecular formula is C15H14N2. The summed E-state index contributed by atoms with van der Waals surface area (Å²) in [5, 5.41) is 1.23. The minimum Gasteiger partial charge on any atom is -0.343 e. The second-order valence-electron chi connectivity index (χ2n) is 4.29. The van der Waals surface area contributed by atoms with Crippen LogP contribution in [0, 0.1) is 6.92 Å². The first-order chi connectivity index (χ1) is 8.29. The molecule has 1 aromatic carbocycles. The van der Waals surface area contributed by atoms with Crippen LogP contribution < -0.4 is 0 Å². The Morgan fingerprint density at radius 2 is 1.82 bits per heavy atom. The van der Waals surface area contributed by atoms with Crippen molar-refractivity contribution >= 4 is 10.9 Å². The van der Waals surface area contributed by atoms with Gasteiger partial charge in [-0.15, -0.1) is 0 Å². The first-order valence-electron chi connectivity index (χ1n) is 5.73. The number of hydrogen-bond donors (Lipinski definition) is 0. The van der Waals surface area contributed by atoms with E-state index in [-0.39, 0.29) is 0 Å². The van der Waals surface area contributed by atoms with Crippen LogP contribution in [0.5, 0.6) is 0 Å². The Balaban J connectivity index is 2.38. The maximum atomic E-state index is 4.21. The summed E-state index contributed by atoms with van der Waals surface area (Å²) in [7, 11) is 2.11. The first kappa shape index (κ1) is 10.1. The van der Waals surface area contributed by atoms with Crippen molar-refractivity contribution in [3.8, 4) is 11.3 Å². The van der Waals surface area contributed by atoms with Crippen molar-refractivity contribution in [1.82, 2.24) is 9.55 Å². The van der Waals surface area contributed by atoms with Gasteiger partial charge in [0.15, 0.2) is 0 Å². The molecule has 0 spiro atoms. The van der Waals surface area contributed by atoms with Crippen molar-refractivity contribution in [2.75, 3.05) is 0 Å². The minimum atomic E-state index is 1.23. The molecule has 0 atom stereocenters. The quantitative estimate of drug-likeness (QED) is 0.615. The Kier molecular flexibility index (Phi) is 2.22. The van der Waals surface area contributed by atoms with Gasteiger partial charge in [0, 0.05) is 24.8 Å². The highest BCUT2D eigenvalue weighted by molar-refractivity contribution is 5.90. The van der Waals surface area contributed by atoms with E-state index in [0.29, 0.717) is 0 Å². The standard InChI is InChI=1S/C15H14N2/c1-11-13-10-16-9-8-14(13)17(2)15(11)12-6-4-3-5-7-12/h3-10H,1-2H3. The van der Waals surface area contributed by atoms with E-state index in [1.165, 1.54) is 27.7 Å². The second kappa shape index (κ2) is 3.74. The summed E-state index contributed by atoms with van der Waals surface area (Å²) in [4.78, 5) is 4.21. The topological polar surface area (TPSA) is 17.8 Å². The Morgan fingerprint density at radius 1 is 1.06 bits per heavy atom. The zero-order valence-corrected chi connectivity index (χ0v) is 10.0. The first-order valence-corrected chi connectivity index (χ1v) is 5.73. The maximum absolute atomic E-state index is 4.21. The Morgan fingerprint density at radius 3 is 2.53 bits per heavy atom. The number of fused-ring (bicyclic) bond motifs is 1. The van der Waals surface area contributed by atoms with Crippen LogP contribution in [0.25, 0.3) is 22.2 Å². The van der Waals surface area contributed by atoms with E-state index >= 15 is 0 Å². The molecule has 0 amide bonds. The molecule has 2 heteroatoms. The van der Waals surface area contributed by atoms with E-state index in [1.54, 1.807) is 0 Å². The van der Waals surface area contributed by atoms with Crippen LogP contribution in [-0.4, -0.2) is 9.55 Å². The SMILES string of the molecule is Cc1c(-c2ccccc2)n(C)c2ccncc12. The molecular weight excluding hydrogens is 208 g/mol. The number of benzene rings is 1. The highest BCUT2D eigenvalue weighted by Gasteiger charge is 2.12. The van der Waals surface area contributed by atoms with Crippen LogP contribution in [0.4, 0.5) is 0 Å². The molecule has 17 heavy (non-hydrogen) atoms. The lowest BCUT2D eigenvalue weighted by atomic mass is 10.1. The molecule has 0 bridgehead atoms. The van der Waals surface area contributed by atoms with E-state index < -0.39 is 0 Å². The summed E-state index contributed by atoms with van der Waals surface area (Å²) in [6.07, 6.45) is 3.79. The van der Waals surface area contributed by atoms with E-state index in [4.69, 9.17) is 0 Å². The number of aromatic nitrogens is 2. The van der Waals surface area contributed by atoms with Gasteiger partial charge in [-0.25, -0.2) is 0 Å². The highest BCUT2D eigenvalue weighted by atomic mass is 15.0.